The molecule has 0 aliphatic heterocycles. The Morgan fingerprint density at radius 1 is 0.300 bits per heavy atom. The van der Waals surface area contributed by atoms with Gasteiger partial charge in [0.1, 0.15) is 0 Å². The van der Waals surface area contributed by atoms with Crippen molar-refractivity contribution in [3.63, 3.8) is 0 Å². The smallest absolute Gasteiger partial charge is 0.0703 e. The highest BCUT2D eigenvalue weighted by atomic mass is 16.6. The Morgan fingerprint density at radius 3 is 0.850 bits per heavy atom. The molecule has 0 aromatic heterocycles. The Balaban J connectivity index is 3.02. The summed E-state index contributed by atoms with van der Waals surface area (Å²) in [5.41, 5.74) is 0. The molecule has 0 saturated carbocycles. The highest BCUT2D eigenvalue weighted by molar-refractivity contribution is 4.50. The van der Waals surface area contributed by atoms with Crippen LogP contribution in [0.15, 0.2) is 0 Å². The van der Waals surface area contributed by atoms with E-state index in [1.54, 1.807) is 0 Å². The van der Waals surface area contributed by atoms with Crippen molar-refractivity contribution in [3.05, 3.63) is 0 Å². The van der Waals surface area contributed by atoms with Gasteiger partial charge >= 0.3 is 0 Å². The molecule has 0 aromatic rings. The Labute approximate surface area is 248 Å². The van der Waals surface area contributed by atoms with Crippen LogP contribution in [0.1, 0.15) is 124 Å². The third-order valence-corrected chi connectivity index (χ3v) is 6.68. The molecule has 0 rings (SSSR count). The van der Waals surface area contributed by atoms with Gasteiger partial charge in [-0.3, -0.25) is 0 Å². The molecule has 0 fully saturated rings. The quantitative estimate of drug-likeness (QED) is 0.0706. The average molecular weight is 577 g/mol. The lowest BCUT2D eigenvalue weighted by molar-refractivity contribution is -0.0238. The van der Waals surface area contributed by atoms with Gasteiger partial charge in [0.05, 0.1) is 85.4 Å². The number of hydrogen-bond donors (Lipinski definition) is 0. The van der Waals surface area contributed by atoms with Gasteiger partial charge < -0.3 is 33.2 Å². The van der Waals surface area contributed by atoms with Gasteiger partial charge in [-0.1, -0.05) is 103 Å². The molecule has 0 unspecified atom stereocenters. The van der Waals surface area contributed by atoms with Crippen LogP contribution in [0.25, 0.3) is 0 Å². The SMILES string of the molecule is CCCCCCCCCCCCCCCCCCOCCOCCOCCOCCOCCOCCOC(C)C. The molecule has 0 radical (unpaired) electrons. The molecular formula is C33H68O7. The van der Waals surface area contributed by atoms with Gasteiger partial charge in [0.25, 0.3) is 0 Å². The monoisotopic (exact) mass is 576 g/mol. The van der Waals surface area contributed by atoms with Gasteiger partial charge in [-0.25, -0.2) is 0 Å². The fraction of sp³-hybridized carbons (Fsp3) is 1.00. The summed E-state index contributed by atoms with van der Waals surface area (Å²) in [6.45, 7) is 14.3. The van der Waals surface area contributed by atoms with E-state index in [2.05, 4.69) is 6.92 Å². The first-order chi connectivity index (χ1) is 19.8. The lowest BCUT2D eigenvalue weighted by Gasteiger charge is -2.09. The number of hydrogen-bond acceptors (Lipinski definition) is 7. The largest absolute Gasteiger partial charge is 0.379 e. The summed E-state index contributed by atoms with van der Waals surface area (Å²) in [6.07, 6.45) is 22.6. The summed E-state index contributed by atoms with van der Waals surface area (Å²) >= 11 is 0. The van der Waals surface area contributed by atoms with E-state index in [-0.39, 0.29) is 6.10 Å². The standard InChI is InChI=1S/C33H68O7/c1-4-5-6-7-8-9-10-11-12-13-14-15-16-17-18-19-20-34-21-22-35-23-24-36-25-26-37-27-28-38-29-30-39-31-32-40-33(2)3/h33H,4-32H2,1-3H3. The van der Waals surface area contributed by atoms with Gasteiger partial charge in [-0.2, -0.15) is 0 Å². The van der Waals surface area contributed by atoms with Crippen LogP contribution in [0.4, 0.5) is 0 Å². The zero-order chi connectivity index (χ0) is 29.0. The Hall–Kier alpha value is -0.280. The zero-order valence-corrected chi connectivity index (χ0v) is 26.9. The minimum atomic E-state index is 0.247. The Morgan fingerprint density at radius 2 is 0.550 bits per heavy atom. The van der Waals surface area contributed by atoms with E-state index in [1.807, 2.05) is 13.8 Å². The predicted molar refractivity (Wildman–Crippen MR) is 166 cm³/mol. The molecule has 0 spiro atoms. The summed E-state index contributed by atoms with van der Waals surface area (Å²) in [5, 5.41) is 0. The number of unbranched alkanes of at least 4 members (excludes halogenated alkanes) is 15. The Kier molecular flexibility index (Phi) is 36.5. The second-order valence-corrected chi connectivity index (χ2v) is 10.9. The van der Waals surface area contributed by atoms with Crippen LogP contribution >= 0.6 is 0 Å². The van der Waals surface area contributed by atoms with E-state index in [4.69, 9.17) is 33.2 Å². The normalized spacial score (nSPS) is 11.7. The fourth-order valence-electron chi connectivity index (χ4n) is 4.30. The van der Waals surface area contributed by atoms with Crippen molar-refractivity contribution < 1.29 is 33.2 Å². The molecule has 0 saturated heterocycles. The second-order valence-electron chi connectivity index (χ2n) is 10.9. The van der Waals surface area contributed by atoms with Gasteiger partial charge in [-0.15, -0.1) is 0 Å². The molecule has 7 heteroatoms. The van der Waals surface area contributed by atoms with E-state index in [0.29, 0.717) is 79.3 Å². The molecule has 7 nitrogen and oxygen atoms in total. The lowest BCUT2D eigenvalue weighted by Crippen LogP contribution is -2.15. The average Bonchev–Trinajstić information content (AvgIpc) is 2.95. The molecule has 0 aromatic carbocycles. The molecule has 0 heterocycles. The van der Waals surface area contributed by atoms with E-state index >= 15 is 0 Å². The maximum absolute atomic E-state index is 5.67. The van der Waals surface area contributed by atoms with Crippen molar-refractivity contribution in [3.8, 4) is 0 Å². The zero-order valence-electron chi connectivity index (χ0n) is 26.9. The van der Waals surface area contributed by atoms with Gasteiger partial charge in [-0.05, 0) is 20.3 Å². The minimum Gasteiger partial charge on any atom is -0.379 e. The Bertz CT molecular complexity index is 437. The van der Waals surface area contributed by atoms with E-state index in [9.17, 15) is 0 Å². The van der Waals surface area contributed by atoms with Gasteiger partial charge in [0, 0.05) is 6.61 Å². The van der Waals surface area contributed by atoms with Crippen molar-refractivity contribution in [1.29, 1.82) is 0 Å². The maximum atomic E-state index is 5.67. The lowest BCUT2D eigenvalue weighted by atomic mass is 10.0. The maximum Gasteiger partial charge on any atom is 0.0703 e. The van der Waals surface area contributed by atoms with Crippen molar-refractivity contribution in [2.45, 2.75) is 130 Å². The predicted octanol–water partition coefficient (Wildman–Crippen LogP) is 7.77. The van der Waals surface area contributed by atoms with Crippen LogP contribution in [0, 0.1) is 0 Å². The molecular weight excluding hydrogens is 508 g/mol. The molecule has 0 aliphatic rings. The second kappa shape index (κ2) is 36.7. The van der Waals surface area contributed by atoms with Gasteiger partial charge in [0.2, 0.25) is 0 Å². The minimum absolute atomic E-state index is 0.247. The van der Waals surface area contributed by atoms with Crippen LogP contribution < -0.4 is 0 Å². The highest BCUT2D eigenvalue weighted by Crippen LogP contribution is 2.13. The summed E-state index contributed by atoms with van der Waals surface area (Å²) in [6, 6.07) is 0. The summed E-state index contributed by atoms with van der Waals surface area (Å²) in [7, 11) is 0. The third-order valence-electron chi connectivity index (χ3n) is 6.68. The van der Waals surface area contributed by atoms with Crippen LogP contribution in [-0.2, 0) is 33.2 Å². The molecule has 0 N–H and O–H groups in total. The summed E-state index contributed by atoms with van der Waals surface area (Å²) < 4.78 is 38.5. The number of rotatable bonds is 36. The summed E-state index contributed by atoms with van der Waals surface area (Å²) in [5.74, 6) is 0. The molecule has 0 aliphatic carbocycles. The molecule has 0 bridgehead atoms. The molecule has 0 amide bonds. The first-order valence-electron chi connectivity index (χ1n) is 16.9. The molecule has 40 heavy (non-hydrogen) atoms. The van der Waals surface area contributed by atoms with E-state index in [0.717, 1.165) is 13.0 Å². The first kappa shape index (κ1) is 39.7. The first-order valence-corrected chi connectivity index (χ1v) is 16.9. The summed E-state index contributed by atoms with van der Waals surface area (Å²) in [4.78, 5) is 0. The van der Waals surface area contributed by atoms with Crippen molar-refractivity contribution in [1.82, 2.24) is 0 Å². The third kappa shape index (κ3) is 37.7. The van der Waals surface area contributed by atoms with Crippen LogP contribution in [0.2, 0.25) is 0 Å². The molecule has 0 atom stereocenters. The van der Waals surface area contributed by atoms with Crippen molar-refractivity contribution >= 4 is 0 Å². The van der Waals surface area contributed by atoms with Crippen LogP contribution in [0.3, 0.4) is 0 Å². The fourth-order valence-corrected chi connectivity index (χ4v) is 4.30. The van der Waals surface area contributed by atoms with Crippen molar-refractivity contribution in [2.75, 3.05) is 85.9 Å². The van der Waals surface area contributed by atoms with E-state index in [1.165, 1.54) is 96.3 Å². The van der Waals surface area contributed by atoms with Crippen LogP contribution in [0.5, 0.6) is 0 Å². The van der Waals surface area contributed by atoms with Crippen molar-refractivity contribution in [2.24, 2.45) is 0 Å². The van der Waals surface area contributed by atoms with E-state index < -0.39 is 0 Å². The topological polar surface area (TPSA) is 64.6 Å². The van der Waals surface area contributed by atoms with Gasteiger partial charge in [0.15, 0.2) is 0 Å². The number of ether oxygens (including phenoxy) is 7. The molecule has 242 valence electrons. The highest BCUT2D eigenvalue weighted by Gasteiger charge is 1.97. The van der Waals surface area contributed by atoms with Crippen LogP contribution in [-0.4, -0.2) is 92.0 Å².